The number of carboxylic acids is 1. The Morgan fingerprint density at radius 1 is 1.20 bits per heavy atom. The van der Waals surface area contributed by atoms with Crippen molar-refractivity contribution in [2.24, 2.45) is 5.41 Å². The Bertz CT molecular complexity index is 348. The molecule has 0 aromatic heterocycles. The number of rotatable bonds is 8. The molecule has 20 heavy (non-hydrogen) atoms. The average Bonchev–Trinajstić information content (AvgIpc) is 2.32. The van der Waals surface area contributed by atoms with Crippen LogP contribution in [0.4, 0.5) is 0 Å². The Hall–Kier alpha value is -1.59. The Balaban J connectivity index is 3.94. The van der Waals surface area contributed by atoms with Crippen molar-refractivity contribution in [1.82, 2.24) is 10.6 Å². The quantitative estimate of drug-likeness (QED) is 0.586. The molecule has 0 saturated heterocycles. The van der Waals surface area contributed by atoms with Crippen LogP contribution in [0.3, 0.4) is 0 Å². The summed E-state index contributed by atoms with van der Waals surface area (Å²) in [4.78, 5) is 34.0. The van der Waals surface area contributed by atoms with Gasteiger partial charge in [0.25, 0.3) is 0 Å². The molecule has 6 heteroatoms. The number of carbonyl (C=O) groups is 3. The lowest BCUT2D eigenvalue weighted by molar-refractivity contribution is -0.142. The van der Waals surface area contributed by atoms with Crippen LogP contribution in [0.15, 0.2) is 0 Å². The second-order valence-corrected chi connectivity index (χ2v) is 5.86. The number of hydrogen-bond acceptors (Lipinski definition) is 3. The van der Waals surface area contributed by atoms with E-state index >= 15 is 0 Å². The Kier molecular flexibility index (Phi) is 7.87. The van der Waals surface area contributed by atoms with Gasteiger partial charge in [0.15, 0.2) is 0 Å². The molecule has 0 aliphatic rings. The Morgan fingerprint density at radius 3 is 2.25 bits per heavy atom. The molecule has 0 fully saturated rings. The first kappa shape index (κ1) is 18.4. The first-order chi connectivity index (χ1) is 9.18. The van der Waals surface area contributed by atoms with E-state index < -0.39 is 17.4 Å². The highest BCUT2D eigenvalue weighted by Gasteiger charge is 2.21. The van der Waals surface area contributed by atoms with E-state index in [-0.39, 0.29) is 18.2 Å². The molecule has 0 saturated carbocycles. The summed E-state index contributed by atoms with van der Waals surface area (Å²) in [6.45, 7) is 7.73. The maximum atomic E-state index is 11.6. The SMILES string of the molecule is CCCC(NC(=O)CCCNC(=O)C(C)(C)C)C(=O)O. The third-order valence-corrected chi connectivity index (χ3v) is 2.76. The summed E-state index contributed by atoms with van der Waals surface area (Å²) in [5.41, 5.74) is -0.447. The smallest absolute Gasteiger partial charge is 0.326 e. The first-order valence-corrected chi connectivity index (χ1v) is 6.99. The fraction of sp³-hybridized carbons (Fsp3) is 0.786. The van der Waals surface area contributed by atoms with Gasteiger partial charge >= 0.3 is 5.97 Å². The van der Waals surface area contributed by atoms with Gasteiger partial charge in [-0.25, -0.2) is 4.79 Å². The van der Waals surface area contributed by atoms with Gasteiger partial charge in [-0.05, 0) is 12.8 Å². The third-order valence-electron chi connectivity index (χ3n) is 2.76. The summed E-state index contributed by atoms with van der Waals surface area (Å²) in [5.74, 6) is -1.37. The van der Waals surface area contributed by atoms with Crippen molar-refractivity contribution in [3.8, 4) is 0 Å². The molecule has 0 aromatic carbocycles. The zero-order valence-corrected chi connectivity index (χ0v) is 12.8. The summed E-state index contributed by atoms with van der Waals surface area (Å²) in [7, 11) is 0. The predicted molar refractivity (Wildman–Crippen MR) is 76.2 cm³/mol. The molecular weight excluding hydrogens is 260 g/mol. The summed E-state index contributed by atoms with van der Waals surface area (Å²) in [6, 6.07) is -0.823. The Labute approximate surface area is 120 Å². The zero-order chi connectivity index (χ0) is 15.8. The second-order valence-electron chi connectivity index (χ2n) is 5.86. The summed E-state index contributed by atoms with van der Waals surface area (Å²) < 4.78 is 0. The van der Waals surface area contributed by atoms with Crippen molar-refractivity contribution < 1.29 is 19.5 Å². The molecule has 0 aliphatic carbocycles. The lowest BCUT2D eigenvalue weighted by Crippen LogP contribution is -2.41. The number of hydrogen-bond donors (Lipinski definition) is 3. The minimum absolute atomic E-state index is 0.0627. The van der Waals surface area contributed by atoms with Gasteiger partial charge in [-0.1, -0.05) is 34.1 Å². The summed E-state index contributed by atoms with van der Waals surface area (Å²) >= 11 is 0. The van der Waals surface area contributed by atoms with Gasteiger partial charge in [0, 0.05) is 18.4 Å². The highest BCUT2D eigenvalue weighted by molar-refractivity contribution is 5.83. The maximum absolute atomic E-state index is 11.6. The Morgan fingerprint density at radius 2 is 1.80 bits per heavy atom. The molecule has 0 aliphatic heterocycles. The van der Waals surface area contributed by atoms with Crippen molar-refractivity contribution in [3.05, 3.63) is 0 Å². The normalized spacial score (nSPS) is 12.6. The van der Waals surface area contributed by atoms with E-state index in [0.29, 0.717) is 25.8 Å². The summed E-state index contributed by atoms with van der Waals surface area (Å²) in [6.07, 6.45) is 1.81. The summed E-state index contributed by atoms with van der Waals surface area (Å²) in [5, 5.41) is 14.1. The monoisotopic (exact) mass is 286 g/mol. The molecule has 3 N–H and O–H groups in total. The van der Waals surface area contributed by atoms with Gasteiger partial charge in [-0.15, -0.1) is 0 Å². The molecule has 2 amide bonds. The van der Waals surface area contributed by atoms with Crippen LogP contribution in [0.5, 0.6) is 0 Å². The first-order valence-electron chi connectivity index (χ1n) is 6.99. The van der Waals surface area contributed by atoms with Crippen molar-refractivity contribution in [2.75, 3.05) is 6.54 Å². The van der Waals surface area contributed by atoms with Gasteiger partial charge in [-0.2, -0.15) is 0 Å². The van der Waals surface area contributed by atoms with Gasteiger partial charge in [0.05, 0.1) is 0 Å². The molecule has 0 aromatic rings. The molecular formula is C14H26N2O4. The van der Waals surface area contributed by atoms with Gasteiger partial charge < -0.3 is 15.7 Å². The lowest BCUT2D eigenvalue weighted by Gasteiger charge is -2.17. The molecule has 6 nitrogen and oxygen atoms in total. The molecule has 0 radical (unpaired) electrons. The highest BCUT2D eigenvalue weighted by Crippen LogP contribution is 2.12. The molecule has 0 spiro atoms. The minimum Gasteiger partial charge on any atom is -0.480 e. The largest absolute Gasteiger partial charge is 0.480 e. The number of nitrogens with one attached hydrogen (secondary N) is 2. The van der Waals surface area contributed by atoms with E-state index in [1.54, 1.807) is 0 Å². The van der Waals surface area contributed by atoms with Crippen molar-refractivity contribution >= 4 is 17.8 Å². The van der Waals surface area contributed by atoms with Crippen LogP contribution < -0.4 is 10.6 Å². The van der Waals surface area contributed by atoms with Crippen LogP contribution in [-0.4, -0.2) is 35.5 Å². The number of amides is 2. The van der Waals surface area contributed by atoms with Crippen LogP contribution in [-0.2, 0) is 14.4 Å². The molecule has 116 valence electrons. The molecule has 0 rings (SSSR count). The van der Waals surface area contributed by atoms with Crippen molar-refractivity contribution in [3.63, 3.8) is 0 Å². The van der Waals surface area contributed by atoms with E-state index in [9.17, 15) is 14.4 Å². The van der Waals surface area contributed by atoms with Crippen molar-refractivity contribution in [2.45, 2.75) is 59.4 Å². The fourth-order valence-electron chi connectivity index (χ4n) is 1.53. The number of carboxylic acid groups (broad SMARTS) is 1. The topological polar surface area (TPSA) is 95.5 Å². The van der Waals surface area contributed by atoms with E-state index in [2.05, 4.69) is 10.6 Å². The van der Waals surface area contributed by atoms with Gasteiger partial charge in [0.1, 0.15) is 6.04 Å². The fourth-order valence-corrected chi connectivity index (χ4v) is 1.53. The predicted octanol–water partition coefficient (Wildman–Crippen LogP) is 1.30. The number of aliphatic carboxylic acids is 1. The third kappa shape index (κ3) is 7.76. The van der Waals surface area contributed by atoms with Crippen LogP contribution in [0.25, 0.3) is 0 Å². The van der Waals surface area contributed by atoms with Gasteiger partial charge in [-0.3, -0.25) is 9.59 Å². The van der Waals surface area contributed by atoms with Crippen LogP contribution in [0.2, 0.25) is 0 Å². The molecule has 1 atom stereocenters. The van der Waals surface area contributed by atoms with Gasteiger partial charge in [0.2, 0.25) is 11.8 Å². The van der Waals surface area contributed by atoms with Crippen LogP contribution >= 0.6 is 0 Å². The molecule has 1 unspecified atom stereocenters. The standard InChI is InChI=1S/C14H26N2O4/c1-5-7-10(12(18)19)16-11(17)8-6-9-15-13(20)14(2,3)4/h10H,5-9H2,1-4H3,(H,15,20)(H,16,17)(H,18,19). The average molecular weight is 286 g/mol. The number of carbonyl (C=O) groups excluding carboxylic acids is 2. The van der Waals surface area contributed by atoms with Crippen LogP contribution in [0.1, 0.15) is 53.4 Å². The lowest BCUT2D eigenvalue weighted by atomic mass is 9.96. The zero-order valence-electron chi connectivity index (χ0n) is 12.8. The van der Waals surface area contributed by atoms with E-state index in [0.717, 1.165) is 0 Å². The molecule has 0 bridgehead atoms. The minimum atomic E-state index is -1.01. The van der Waals surface area contributed by atoms with E-state index in [1.165, 1.54) is 0 Å². The van der Waals surface area contributed by atoms with E-state index in [1.807, 2.05) is 27.7 Å². The molecule has 0 heterocycles. The second kappa shape index (κ2) is 8.55. The maximum Gasteiger partial charge on any atom is 0.326 e. The van der Waals surface area contributed by atoms with E-state index in [4.69, 9.17) is 5.11 Å². The van der Waals surface area contributed by atoms with Crippen molar-refractivity contribution in [1.29, 1.82) is 0 Å². The highest BCUT2D eigenvalue weighted by atomic mass is 16.4. The van der Waals surface area contributed by atoms with Crippen LogP contribution in [0, 0.1) is 5.41 Å².